The summed E-state index contributed by atoms with van der Waals surface area (Å²) in [4.78, 5) is 26.3. The number of halogens is 1. The molecule has 1 aromatic carbocycles. The number of nitrogens with one attached hydrogen (secondary N) is 1. The van der Waals surface area contributed by atoms with Gasteiger partial charge in [-0.15, -0.1) is 0 Å². The monoisotopic (exact) mass is 382 g/mol. The highest BCUT2D eigenvalue weighted by molar-refractivity contribution is 7.91. The Kier molecular flexibility index (Phi) is 4.74. The molecule has 1 fully saturated rings. The van der Waals surface area contributed by atoms with Crippen molar-refractivity contribution in [2.45, 2.75) is 25.4 Å². The summed E-state index contributed by atoms with van der Waals surface area (Å²) >= 11 is 0. The molecular formula is C17H19FN2O5S. The summed E-state index contributed by atoms with van der Waals surface area (Å²) in [7, 11) is -2.03. The Balaban J connectivity index is 2.09. The fourth-order valence-electron chi connectivity index (χ4n) is 3.49. The minimum atomic E-state index is -3.23. The number of nitrogens with zero attached hydrogens (tertiary/aromatic N) is 1. The van der Waals surface area contributed by atoms with Gasteiger partial charge in [0.2, 0.25) is 0 Å². The second kappa shape index (κ2) is 6.71. The molecule has 0 radical (unpaired) electrons. The lowest BCUT2D eigenvalue weighted by Crippen LogP contribution is -2.52. The minimum Gasteiger partial charge on any atom is -0.466 e. The first kappa shape index (κ1) is 18.4. The molecule has 1 N–H and O–H groups in total. The molecule has 3 rings (SSSR count). The second-order valence-electron chi connectivity index (χ2n) is 6.32. The van der Waals surface area contributed by atoms with Crippen LogP contribution >= 0.6 is 0 Å². The molecule has 2 atom stereocenters. The molecule has 2 aliphatic heterocycles. The third kappa shape index (κ3) is 3.18. The van der Waals surface area contributed by atoms with Crippen molar-refractivity contribution in [1.82, 2.24) is 10.2 Å². The van der Waals surface area contributed by atoms with Crippen LogP contribution in [0.1, 0.15) is 24.9 Å². The summed E-state index contributed by atoms with van der Waals surface area (Å²) in [6, 6.07) is 3.68. The number of methoxy groups -OCH3 is 1. The van der Waals surface area contributed by atoms with Gasteiger partial charge in [-0.3, -0.25) is 4.90 Å². The lowest BCUT2D eigenvalue weighted by molar-refractivity contribution is -0.136. The van der Waals surface area contributed by atoms with Crippen LogP contribution in [0.25, 0.3) is 0 Å². The highest BCUT2D eigenvalue weighted by Gasteiger charge is 2.43. The zero-order chi connectivity index (χ0) is 19.1. The van der Waals surface area contributed by atoms with Crippen molar-refractivity contribution in [2.24, 2.45) is 0 Å². The lowest BCUT2D eigenvalue weighted by Gasteiger charge is -2.38. The zero-order valence-corrected chi connectivity index (χ0v) is 15.2. The summed E-state index contributed by atoms with van der Waals surface area (Å²) in [6.45, 7) is 1.55. The number of carbonyl (C=O) groups is 2. The lowest BCUT2D eigenvalue weighted by atomic mass is 9.94. The van der Waals surface area contributed by atoms with Crippen LogP contribution in [0.2, 0.25) is 0 Å². The fourth-order valence-corrected chi connectivity index (χ4v) is 5.19. The Bertz CT molecular complexity index is 896. The molecular weight excluding hydrogens is 363 g/mol. The van der Waals surface area contributed by atoms with Gasteiger partial charge in [-0.05, 0) is 19.4 Å². The number of carbonyl (C=O) groups excluding carboxylic acids is 2. The van der Waals surface area contributed by atoms with Crippen LogP contribution in [0.4, 0.5) is 9.18 Å². The highest BCUT2D eigenvalue weighted by atomic mass is 32.2. The van der Waals surface area contributed by atoms with Gasteiger partial charge in [0.25, 0.3) is 0 Å². The number of sulfone groups is 1. The van der Waals surface area contributed by atoms with Gasteiger partial charge in [0, 0.05) is 11.3 Å². The third-order valence-electron chi connectivity index (χ3n) is 4.72. The molecule has 7 nitrogen and oxygen atoms in total. The van der Waals surface area contributed by atoms with Crippen molar-refractivity contribution in [3.05, 3.63) is 46.9 Å². The van der Waals surface area contributed by atoms with E-state index in [9.17, 15) is 22.4 Å². The Hall–Kier alpha value is -2.42. The van der Waals surface area contributed by atoms with Gasteiger partial charge in [-0.2, -0.15) is 0 Å². The third-order valence-corrected chi connectivity index (χ3v) is 6.47. The SMILES string of the molecule is COC(=O)C1=C(C)N([C@@H]2CCS(=O)(=O)C2)C(=O)N[C@H]1c1ccccc1F. The maximum atomic E-state index is 14.2. The van der Waals surface area contributed by atoms with Crippen LogP contribution in [0.3, 0.4) is 0 Å². The van der Waals surface area contributed by atoms with Gasteiger partial charge < -0.3 is 10.1 Å². The first-order chi connectivity index (χ1) is 12.2. The van der Waals surface area contributed by atoms with Gasteiger partial charge in [0.1, 0.15) is 5.82 Å². The van der Waals surface area contributed by atoms with Crippen molar-refractivity contribution in [3.63, 3.8) is 0 Å². The Morgan fingerprint density at radius 3 is 2.62 bits per heavy atom. The number of esters is 1. The van der Waals surface area contributed by atoms with Crippen LogP contribution in [-0.4, -0.2) is 50.0 Å². The summed E-state index contributed by atoms with van der Waals surface area (Å²) in [5, 5.41) is 2.62. The Labute approximate surface area is 150 Å². The van der Waals surface area contributed by atoms with Crippen LogP contribution in [0.15, 0.2) is 35.5 Å². The van der Waals surface area contributed by atoms with Crippen LogP contribution < -0.4 is 5.32 Å². The maximum absolute atomic E-state index is 14.2. The molecule has 0 unspecified atom stereocenters. The Morgan fingerprint density at radius 2 is 2.04 bits per heavy atom. The average molecular weight is 382 g/mol. The predicted octanol–water partition coefficient (Wildman–Crippen LogP) is 1.53. The van der Waals surface area contributed by atoms with Crippen molar-refractivity contribution in [1.29, 1.82) is 0 Å². The highest BCUT2D eigenvalue weighted by Crippen LogP contribution is 2.35. The average Bonchev–Trinajstić information content (AvgIpc) is 2.93. The van der Waals surface area contributed by atoms with E-state index in [1.807, 2.05) is 0 Å². The van der Waals surface area contributed by atoms with Crippen LogP contribution in [0, 0.1) is 5.82 Å². The van der Waals surface area contributed by atoms with E-state index >= 15 is 0 Å². The standard InChI is InChI=1S/C17H19FN2O5S/c1-10-14(16(21)25-2)15(12-5-3-4-6-13(12)18)19-17(22)20(10)11-7-8-26(23,24)9-11/h3-6,11,15H,7-9H2,1-2H3,(H,19,22)/t11-,15+/m1/s1. The van der Waals surface area contributed by atoms with Crippen molar-refractivity contribution in [2.75, 3.05) is 18.6 Å². The maximum Gasteiger partial charge on any atom is 0.337 e. The number of hydrogen-bond acceptors (Lipinski definition) is 5. The van der Waals surface area contributed by atoms with E-state index in [2.05, 4.69) is 5.32 Å². The number of benzene rings is 1. The zero-order valence-electron chi connectivity index (χ0n) is 14.4. The van der Waals surface area contributed by atoms with E-state index in [1.165, 1.54) is 30.2 Å². The largest absolute Gasteiger partial charge is 0.466 e. The summed E-state index contributed by atoms with van der Waals surface area (Å²) < 4.78 is 42.6. The molecule has 26 heavy (non-hydrogen) atoms. The molecule has 2 heterocycles. The first-order valence-electron chi connectivity index (χ1n) is 8.09. The topological polar surface area (TPSA) is 92.8 Å². The second-order valence-corrected chi connectivity index (χ2v) is 8.55. The number of ether oxygens (including phenoxy) is 1. The number of urea groups is 1. The molecule has 1 aromatic rings. The minimum absolute atomic E-state index is 0.0149. The molecule has 140 valence electrons. The molecule has 9 heteroatoms. The molecule has 1 saturated heterocycles. The quantitative estimate of drug-likeness (QED) is 0.801. The van der Waals surface area contributed by atoms with Crippen molar-refractivity contribution >= 4 is 21.8 Å². The van der Waals surface area contributed by atoms with E-state index in [-0.39, 0.29) is 34.8 Å². The van der Waals surface area contributed by atoms with Crippen LogP contribution in [0.5, 0.6) is 0 Å². The van der Waals surface area contributed by atoms with E-state index in [0.29, 0.717) is 0 Å². The van der Waals surface area contributed by atoms with E-state index < -0.39 is 39.7 Å². The molecule has 2 amide bonds. The van der Waals surface area contributed by atoms with Gasteiger partial charge >= 0.3 is 12.0 Å². The number of allylic oxidation sites excluding steroid dienone is 1. The molecule has 0 aromatic heterocycles. The van der Waals surface area contributed by atoms with E-state index in [4.69, 9.17) is 4.74 Å². The summed E-state index contributed by atoms with van der Waals surface area (Å²) in [6.07, 6.45) is 0.284. The van der Waals surface area contributed by atoms with Crippen LogP contribution in [-0.2, 0) is 19.4 Å². The van der Waals surface area contributed by atoms with Crippen molar-refractivity contribution in [3.8, 4) is 0 Å². The Morgan fingerprint density at radius 1 is 1.35 bits per heavy atom. The molecule has 0 spiro atoms. The van der Waals surface area contributed by atoms with Gasteiger partial charge in [0.15, 0.2) is 9.84 Å². The van der Waals surface area contributed by atoms with E-state index in [0.717, 1.165) is 0 Å². The number of amides is 2. The molecule has 2 aliphatic rings. The summed E-state index contributed by atoms with van der Waals surface area (Å²) in [5.74, 6) is -1.46. The van der Waals surface area contributed by atoms with Gasteiger partial charge in [-0.25, -0.2) is 22.4 Å². The fraction of sp³-hybridized carbons (Fsp3) is 0.412. The van der Waals surface area contributed by atoms with Gasteiger partial charge in [0.05, 0.1) is 36.3 Å². The van der Waals surface area contributed by atoms with E-state index in [1.54, 1.807) is 13.0 Å². The molecule has 0 aliphatic carbocycles. The number of rotatable bonds is 3. The molecule has 0 saturated carbocycles. The summed E-state index contributed by atoms with van der Waals surface area (Å²) in [5.41, 5.74) is 0.497. The predicted molar refractivity (Wildman–Crippen MR) is 91.3 cm³/mol. The molecule has 0 bridgehead atoms. The van der Waals surface area contributed by atoms with Crippen molar-refractivity contribution < 1.29 is 27.1 Å². The normalized spacial score (nSPS) is 25.2. The number of hydrogen-bond donors (Lipinski definition) is 1. The smallest absolute Gasteiger partial charge is 0.337 e. The van der Waals surface area contributed by atoms with Gasteiger partial charge in [-0.1, -0.05) is 18.2 Å². The first-order valence-corrected chi connectivity index (χ1v) is 9.91.